The minimum atomic E-state index is -3.38. The highest BCUT2D eigenvalue weighted by Gasteiger charge is 2.11. The van der Waals surface area contributed by atoms with Crippen LogP contribution in [-0.2, 0) is 16.3 Å². The van der Waals surface area contributed by atoms with Gasteiger partial charge in [0.15, 0.2) is 9.84 Å². The van der Waals surface area contributed by atoms with Crippen LogP contribution in [0.25, 0.3) is 0 Å². The van der Waals surface area contributed by atoms with Crippen molar-refractivity contribution in [3.63, 3.8) is 0 Å². The molecule has 21 heavy (non-hydrogen) atoms. The number of hydrogen-bond donors (Lipinski definition) is 1. The Balaban J connectivity index is 2.11. The van der Waals surface area contributed by atoms with Crippen LogP contribution < -0.4 is 5.32 Å². The third-order valence-electron chi connectivity index (χ3n) is 3.23. The average molecular weight is 301 g/mol. The fourth-order valence-corrected chi connectivity index (χ4v) is 3.11. The molecule has 0 saturated heterocycles. The SMILES string of the molecule is CNC(/C=C/S(=O)(=O)c1ccccc1)Cc1ccccc1. The first-order valence-electron chi connectivity index (χ1n) is 6.81. The molecule has 2 aromatic carbocycles. The Morgan fingerprint density at radius 2 is 1.57 bits per heavy atom. The Morgan fingerprint density at radius 1 is 1.00 bits per heavy atom. The molecule has 0 heterocycles. The van der Waals surface area contributed by atoms with E-state index < -0.39 is 9.84 Å². The minimum Gasteiger partial charge on any atom is -0.313 e. The summed E-state index contributed by atoms with van der Waals surface area (Å²) in [5.41, 5.74) is 1.17. The van der Waals surface area contributed by atoms with Gasteiger partial charge in [-0.2, -0.15) is 0 Å². The zero-order chi connectivity index (χ0) is 15.1. The smallest absolute Gasteiger partial charge is 0.199 e. The third kappa shape index (κ3) is 4.55. The molecule has 1 unspecified atom stereocenters. The van der Waals surface area contributed by atoms with E-state index in [1.54, 1.807) is 36.4 Å². The van der Waals surface area contributed by atoms with Gasteiger partial charge >= 0.3 is 0 Å². The molecular formula is C17H19NO2S. The van der Waals surface area contributed by atoms with Crippen molar-refractivity contribution in [2.75, 3.05) is 7.05 Å². The zero-order valence-electron chi connectivity index (χ0n) is 11.9. The number of sulfone groups is 1. The van der Waals surface area contributed by atoms with Crippen LogP contribution in [0.4, 0.5) is 0 Å². The summed E-state index contributed by atoms with van der Waals surface area (Å²) in [6.45, 7) is 0. The van der Waals surface area contributed by atoms with E-state index in [0.717, 1.165) is 6.42 Å². The lowest BCUT2D eigenvalue weighted by atomic mass is 10.1. The number of hydrogen-bond acceptors (Lipinski definition) is 3. The summed E-state index contributed by atoms with van der Waals surface area (Å²) >= 11 is 0. The first-order valence-corrected chi connectivity index (χ1v) is 8.36. The van der Waals surface area contributed by atoms with Gasteiger partial charge in [0.25, 0.3) is 0 Å². The highest BCUT2D eigenvalue weighted by Crippen LogP contribution is 2.12. The topological polar surface area (TPSA) is 46.2 Å². The maximum Gasteiger partial charge on any atom is 0.199 e. The van der Waals surface area contributed by atoms with Crippen LogP contribution in [0.5, 0.6) is 0 Å². The maximum absolute atomic E-state index is 12.2. The van der Waals surface area contributed by atoms with Crippen molar-refractivity contribution >= 4 is 9.84 Å². The van der Waals surface area contributed by atoms with E-state index >= 15 is 0 Å². The van der Waals surface area contributed by atoms with Crippen LogP contribution in [0.2, 0.25) is 0 Å². The fraction of sp³-hybridized carbons (Fsp3) is 0.176. The normalized spacial score (nSPS) is 13.4. The first-order chi connectivity index (χ1) is 10.1. The van der Waals surface area contributed by atoms with Crippen LogP contribution in [0.1, 0.15) is 5.56 Å². The van der Waals surface area contributed by atoms with Crippen molar-refractivity contribution in [2.24, 2.45) is 0 Å². The average Bonchev–Trinajstić information content (AvgIpc) is 2.53. The second kappa shape index (κ2) is 7.20. The zero-order valence-corrected chi connectivity index (χ0v) is 12.8. The van der Waals surface area contributed by atoms with Crippen LogP contribution in [0, 0.1) is 0 Å². The van der Waals surface area contributed by atoms with Gasteiger partial charge in [-0.25, -0.2) is 8.42 Å². The Hall–Kier alpha value is -1.91. The molecule has 0 aliphatic heterocycles. The molecule has 0 saturated carbocycles. The van der Waals surface area contributed by atoms with E-state index in [1.165, 1.54) is 11.0 Å². The summed E-state index contributed by atoms with van der Waals surface area (Å²) in [6.07, 6.45) is 2.45. The Morgan fingerprint density at radius 3 is 2.14 bits per heavy atom. The molecule has 2 aromatic rings. The number of nitrogens with one attached hydrogen (secondary N) is 1. The van der Waals surface area contributed by atoms with Gasteiger partial charge in [0.05, 0.1) is 4.90 Å². The highest BCUT2D eigenvalue weighted by atomic mass is 32.2. The van der Waals surface area contributed by atoms with E-state index in [0.29, 0.717) is 4.90 Å². The molecule has 1 N–H and O–H groups in total. The summed E-state index contributed by atoms with van der Waals surface area (Å²) in [6, 6.07) is 18.4. The van der Waals surface area contributed by atoms with Crippen LogP contribution in [0.3, 0.4) is 0 Å². The molecule has 4 heteroatoms. The maximum atomic E-state index is 12.2. The molecular weight excluding hydrogens is 282 g/mol. The second-order valence-corrected chi connectivity index (χ2v) is 6.61. The summed E-state index contributed by atoms with van der Waals surface area (Å²) < 4.78 is 24.4. The molecule has 0 aromatic heterocycles. The van der Waals surface area contributed by atoms with Gasteiger partial charge in [0.2, 0.25) is 0 Å². The van der Waals surface area contributed by atoms with Crippen molar-refractivity contribution in [3.8, 4) is 0 Å². The monoisotopic (exact) mass is 301 g/mol. The van der Waals surface area contributed by atoms with E-state index in [9.17, 15) is 8.42 Å². The van der Waals surface area contributed by atoms with Gasteiger partial charge in [-0.1, -0.05) is 54.6 Å². The summed E-state index contributed by atoms with van der Waals surface area (Å²) in [5.74, 6) is 0. The van der Waals surface area contributed by atoms with Gasteiger partial charge in [0.1, 0.15) is 0 Å². The molecule has 0 fully saturated rings. The number of likely N-dealkylation sites (N-methyl/N-ethyl adjacent to an activating group) is 1. The molecule has 0 bridgehead atoms. The lowest BCUT2D eigenvalue weighted by Gasteiger charge is -2.11. The van der Waals surface area contributed by atoms with Gasteiger partial charge in [0, 0.05) is 11.4 Å². The third-order valence-corrected chi connectivity index (χ3v) is 4.68. The minimum absolute atomic E-state index is 0.0223. The molecule has 0 amide bonds. The van der Waals surface area contributed by atoms with Gasteiger partial charge in [-0.3, -0.25) is 0 Å². The lowest BCUT2D eigenvalue weighted by Crippen LogP contribution is -2.25. The molecule has 3 nitrogen and oxygen atoms in total. The predicted molar refractivity (Wildman–Crippen MR) is 85.8 cm³/mol. The molecule has 2 rings (SSSR count). The number of benzene rings is 2. The van der Waals surface area contributed by atoms with E-state index in [4.69, 9.17) is 0 Å². The first kappa shape index (κ1) is 15.5. The molecule has 0 radical (unpaired) electrons. The van der Waals surface area contributed by atoms with E-state index in [-0.39, 0.29) is 6.04 Å². The van der Waals surface area contributed by atoms with Crippen molar-refractivity contribution in [1.29, 1.82) is 0 Å². The van der Waals surface area contributed by atoms with Gasteiger partial charge in [-0.05, 0) is 31.2 Å². The van der Waals surface area contributed by atoms with E-state index in [2.05, 4.69) is 5.32 Å². The van der Waals surface area contributed by atoms with Crippen LogP contribution in [0.15, 0.2) is 77.0 Å². The van der Waals surface area contributed by atoms with Crippen LogP contribution >= 0.6 is 0 Å². The number of rotatable bonds is 6. The molecule has 1 atom stereocenters. The lowest BCUT2D eigenvalue weighted by molar-refractivity contribution is 0.603. The standard InChI is InChI=1S/C17H19NO2S/c1-18-16(14-15-8-4-2-5-9-15)12-13-21(19,20)17-10-6-3-7-11-17/h2-13,16,18H,14H2,1H3/b13-12+. The Labute approximate surface area is 126 Å². The quantitative estimate of drug-likeness (QED) is 0.892. The van der Waals surface area contributed by atoms with Crippen molar-refractivity contribution < 1.29 is 8.42 Å². The highest BCUT2D eigenvalue weighted by molar-refractivity contribution is 7.94. The van der Waals surface area contributed by atoms with Crippen molar-refractivity contribution in [2.45, 2.75) is 17.4 Å². The Kier molecular flexibility index (Phi) is 5.31. The van der Waals surface area contributed by atoms with E-state index in [1.807, 2.05) is 37.4 Å². The van der Waals surface area contributed by atoms with Gasteiger partial charge in [-0.15, -0.1) is 0 Å². The summed E-state index contributed by atoms with van der Waals surface area (Å²) in [5, 5.41) is 4.41. The molecule has 0 spiro atoms. The molecule has 0 aliphatic carbocycles. The Bertz CT molecular complexity index is 679. The van der Waals surface area contributed by atoms with Crippen molar-refractivity contribution in [1.82, 2.24) is 5.32 Å². The van der Waals surface area contributed by atoms with Crippen LogP contribution in [-0.4, -0.2) is 21.5 Å². The largest absolute Gasteiger partial charge is 0.313 e. The predicted octanol–water partition coefficient (Wildman–Crippen LogP) is 2.80. The second-order valence-electron chi connectivity index (χ2n) is 4.77. The molecule has 110 valence electrons. The fourth-order valence-electron chi connectivity index (χ4n) is 2.02. The molecule has 0 aliphatic rings. The summed E-state index contributed by atoms with van der Waals surface area (Å²) in [4.78, 5) is 0.316. The van der Waals surface area contributed by atoms with Gasteiger partial charge < -0.3 is 5.32 Å². The van der Waals surface area contributed by atoms with Crippen molar-refractivity contribution in [3.05, 3.63) is 77.7 Å². The summed E-state index contributed by atoms with van der Waals surface area (Å²) in [7, 11) is -1.55.